The standard InChI is InChI=1S/C10H8B2F2O5S/c11-4-6-1-2-7(12)3-8(6)9(15)19-5-10(13,14)20(16,17)18/h1-3H,4-5H2,(H,16,17,18). The van der Waals surface area contributed by atoms with E-state index in [4.69, 9.17) is 20.2 Å². The second-order valence-electron chi connectivity index (χ2n) is 3.81. The van der Waals surface area contributed by atoms with Crippen LogP contribution in [-0.2, 0) is 21.2 Å². The Kier molecular flexibility index (Phi) is 4.93. The van der Waals surface area contributed by atoms with Gasteiger partial charge in [0.15, 0.2) is 6.61 Å². The molecule has 4 radical (unpaired) electrons. The number of halogens is 2. The van der Waals surface area contributed by atoms with Crippen LogP contribution >= 0.6 is 0 Å². The summed E-state index contributed by atoms with van der Waals surface area (Å²) in [6, 6.07) is 4.02. The van der Waals surface area contributed by atoms with Gasteiger partial charge in [0, 0.05) is 0 Å². The fourth-order valence-corrected chi connectivity index (χ4v) is 1.47. The normalized spacial score (nSPS) is 12.2. The molecule has 1 aromatic rings. The second kappa shape index (κ2) is 5.92. The number of benzene rings is 1. The third-order valence-corrected chi connectivity index (χ3v) is 3.20. The number of alkyl halides is 2. The van der Waals surface area contributed by atoms with Crippen molar-refractivity contribution in [3.8, 4) is 0 Å². The summed E-state index contributed by atoms with van der Waals surface area (Å²) in [5.74, 6) is -1.22. The Morgan fingerprint density at radius 3 is 2.50 bits per heavy atom. The van der Waals surface area contributed by atoms with E-state index in [2.05, 4.69) is 4.74 Å². The van der Waals surface area contributed by atoms with Crippen LogP contribution < -0.4 is 5.46 Å². The average Bonchev–Trinajstić information content (AvgIpc) is 2.34. The van der Waals surface area contributed by atoms with Gasteiger partial charge in [-0.15, -0.1) is 0 Å². The number of carbonyl (C=O) groups is 1. The molecule has 0 bridgehead atoms. The largest absolute Gasteiger partial charge is 0.454 e. The van der Waals surface area contributed by atoms with E-state index in [0.717, 1.165) is 6.07 Å². The lowest BCUT2D eigenvalue weighted by molar-refractivity contribution is -0.00955. The molecule has 0 aliphatic heterocycles. The molecule has 0 atom stereocenters. The van der Waals surface area contributed by atoms with Gasteiger partial charge >= 0.3 is 21.3 Å². The molecule has 0 saturated heterocycles. The molecule has 0 aliphatic carbocycles. The minimum atomic E-state index is -5.66. The van der Waals surface area contributed by atoms with Gasteiger partial charge in [-0.3, -0.25) is 4.55 Å². The SMILES string of the molecule is [B]Cc1ccc([B])cc1C(=O)OCC(F)(F)S(=O)(=O)O. The molecule has 1 aromatic carbocycles. The quantitative estimate of drug-likeness (QED) is 0.462. The summed E-state index contributed by atoms with van der Waals surface area (Å²) in [6.07, 6.45) is -0.0700. The zero-order chi connectivity index (χ0) is 15.6. The van der Waals surface area contributed by atoms with Crippen molar-refractivity contribution in [2.75, 3.05) is 6.61 Å². The van der Waals surface area contributed by atoms with Crippen LogP contribution in [0.5, 0.6) is 0 Å². The summed E-state index contributed by atoms with van der Waals surface area (Å²) in [6.45, 7) is -1.82. The number of ether oxygens (including phenoxy) is 1. The summed E-state index contributed by atoms with van der Waals surface area (Å²) < 4.78 is 59.0. The minimum Gasteiger partial charge on any atom is -0.454 e. The van der Waals surface area contributed by atoms with E-state index in [-0.39, 0.29) is 17.3 Å². The summed E-state index contributed by atoms with van der Waals surface area (Å²) in [5.41, 5.74) is 0.314. The lowest BCUT2D eigenvalue weighted by Gasteiger charge is -2.14. The molecule has 0 saturated carbocycles. The fourth-order valence-electron chi connectivity index (χ4n) is 1.26. The summed E-state index contributed by atoms with van der Waals surface area (Å²) in [4.78, 5) is 11.6. The topological polar surface area (TPSA) is 80.7 Å². The monoisotopic (exact) mass is 300 g/mol. The molecular formula is C10H8B2F2O5S. The molecule has 0 spiro atoms. The van der Waals surface area contributed by atoms with Gasteiger partial charge < -0.3 is 4.74 Å². The van der Waals surface area contributed by atoms with Crippen molar-refractivity contribution < 1.29 is 31.3 Å². The summed E-state index contributed by atoms with van der Waals surface area (Å²) in [5, 5.41) is -4.59. The zero-order valence-electron chi connectivity index (χ0n) is 10.0. The number of carbonyl (C=O) groups excluding carboxylic acids is 1. The van der Waals surface area contributed by atoms with E-state index in [9.17, 15) is 22.0 Å². The molecule has 5 nitrogen and oxygen atoms in total. The first kappa shape index (κ1) is 16.6. The molecule has 1 rings (SSSR count). The second-order valence-corrected chi connectivity index (χ2v) is 5.36. The maximum Gasteiger partial charge on any atom is 0.402 e. The number of hydrogen-bond donors (Lipinski definition) is 1. The van der Waals surface area contributed by atoms with Gasteiger partial charge in [0.1, 0.15) is 7.85 Å². The van der Waals surface area contributed by atoms with E-state index in [0.29, 0.717) is 5.56 Å². The molecule has 0 heterocycles. The Bertz CT molecular complexity index is 618. The van der Waals surface area contributed by atoms with Crippen molar-refractivity contribution in [2.24, 2.45) is 0 Å². The average molecular weight is 300 g/mol. The van der Waals surface area contributed by atoms with E-state index < -0.39 is 27.9 Å². The van der Waals surface area contributed by atoms with Gasteiger partial charge in [0.25, 0.3) is 0 Å². The van der Waals surface area contributed by atoms with Gasteiger partial charge in [-0.2, -0.15) is 17.2 Å². The maximum atomic E-state index is 12.9. The predicted octanol–water partition coefficient (Wildman–Crippen LogP) is -0.214. The maximum absolute atomic E-state index is 12.9. The first-order chi connectivity index (χ1) is 9.08. The lowest BCUT2D eigenvalue weighted by atomic mass is 9.87. The Hall–Kier alpha value is -1.41. The molecule has 20 heavy (non-hydrogen) atoms. The molecule has 0 aromatic heterocycles. The van der Waals surface area contributed by atoms with Crippen LogP contribution in [0.3, 0.4) is 0 Å². The van der Waals surface area contributed by atoms with E-state index in [1.54, 1.807) is 0 Å². The first-order valence-electron chi connectivity index (χ1n) is 5.19. The van der Waals surface area contributed by atoms with E-state index >= 15 is 0 Å². The third-order valence-electron chi connectivity index (χ3n) is 2.32. The molecule has 0 unspecified atom stereocenters. The number of esters is 1. The van der Waals surface area contributed by atoms with Crippen LogP contribution in [0.4, 0.5) is 8.78 Å². The smallest absolute Gasteiger partial charge is 0.402 e. The van der Waals surface area contributed by atoms with Crippen molar-refractivity contribution >= 4 is 37.2 Å². The van der Waals surface area contributed by atoms with E-state index in [1.807, 2.05) is 0 Å². The first-order valence-corrected chi connectivity index (χ1v) is 6.63. The van der Waals surface area contributed by atoms with Crippen LogP contribution in [0.25, 0.3) is 0 Å². The molecule has 1 N–H and O–H groups in total. The Balaban J connectivity index is 2.91. The highest BCUT2D eigenvalue weighted by Gasteiger charge is 2.45. The Morgan fingerprint density at radius 2 is 2.00 bits per heavy atom. The number of hydrogen-bond acceptors (Lipinski definition) is 4. The van der Waals surface area contributed by atoms with Crippen LogP contribution in [0, 0.1) is 0 Å². The van der Waals surface area contributed by atoms with Crippen molar-refractivity contribution in [1.29, 1.82) is 0 Å². The van der Waals surface area contributed by atoms with E-state index in [1.165, 1.54) is 12.1 Å². The molecule has 0 fully saturated rings. The van der Waals surface area contributed by atoms with Gasteiger partial charge in [0.2, 0.25) is 0 Å². The van der Waals surface area contributed by atoms with Crippen molar-refractivity contribution in [2.45, 2.75) is 11.6 Å². The molecule has 10 heteroatoms. The highest BCUT2D eigenvalue weighted by atomic mass is 32.2. The zero-order valence-corrected chi connectivity index (χ0v) is 10.9. The van der Waals surface area contributed by atoms with Gasteiger partial charge in [-0.1, -0.05) is 30.0 Å². The fraction of sp³-hybridized carbons (Fsp3) is 0.300. The van der Waals surface area contributed by atoms with Crippen molar-refractivity contribution in [3.05, 3.63) is 29.3 Å². The molecule has 0 aliphatic rings. The van der Waals surface area contributed by atoms with Gasteiger partial charge in [-0.05, 0) is 5.56 Å². The third kappa shape index (κ3) is 3.80. The van der Waals surface area contributed by atoms with Gasteiger partial charge in [-0.25, -0.2) is 4.79 Å². The van der Waals surface area contributed by atoms with Crippen molar-refractivity contribution in [3.63, 3.8) is 0 Å². The summed E-state index contributed by atoms with van der Waals surface area (Å²) in [7, 11) is 5.13. The van der Waals surface area contributed by atoms with Crippen molar-refractivity contribution in [1.82, 2.24) is 0 Å². The Morgan fingerprint density at radius 1 is 1.40 bits per heavy atom. The van der Waals surface area contributed by atoms with Crippen LogP contribution in [0.2, 0.25) is 0 Å². The predicted molar refractivity (Wildman–Crippen MR) is 68.1 cm³/mol. The molecule has 0 amide bonds. The number of rotatable bonds is 5. The molecule has 104 valence electrons. The highest BCUT2D eigenvalue weighted by molar-refractivity contribution is 7.86. The van der Waals surface area contributed by atoms with Crippen LogP contribution in [0.1, 0.15) is 15.9 Å². The highest BCUT2D eigenvalue weighted by Crippen LogP contribution is 2.21. The van der Waals surface area contributed by atoms with Crippen LogP contribution in [0.15, 0.2) is 18.2 Å². The Labute approximate surface area is 116 Å². The lowest BCUT2D eigenvalue weighted by Crippen LogP contribution is -2.34. The summed E-state index contributed by atoms with van der Waals surface area (Å²) >= 11 is 0. The van der Waals surface area contributed by atoms with Gasteiger partial charge in [0.05, 0.1) is 13.4 Å². The van der Waals surface area contributed by atoms with Crippen LogP contribution in [-0.4, -0.2) is 46.5 Å². The molecular weight excluding hydrogens is 292 g/mol. The minimum absolute atomic E-state index is 0.0700.